The molecule has 2 heterocycles. The van der Waals surface area contributed by atoms with Crippen LogP contribution in [0, 0.1) is 0 Å². The maximum atomic E-state index is 5.95. The van der Waals surface area contributed by atoms with Crippen LogP contribution in [0.1, 0.15) is 18.1 Å². The highest BCUT2D eigenvalue weighted by Crippen LogP contribution is 2.37. The number of nitrogens with one attached hydrogen (secondary N) is 1. The summed E-state index contributed by atoms with van der Waals surface area (Å²) in [5, 5.41) is 3.46. The summed E-state index contributed by atoms with van der Waals surface area (Å²) in [7, 11) is 1.76. The zero-order valence-corrected chi connectivity index (χ0v) is 12.4. The Morgan fingerprint density at radius 3 is 2.80 bits per heavy atom. The lowest BCUT2D eigenvalue weighted by atomic mass is 9.99. The molecule has 0 radical (unpaired) electrons. The van der Waals surface area contributed by atoms with Crippen molar-refractivity contribution in [1.29, 1.82) is 0 Å². The molecule has 0 aromatic heterocycles. The molecule has 4 heteroatoms. The minimum Gasteiger partial charge on any atom is -0.489 e. The van der Waals surface area contributed by atoms with Gasteiger partial charge in [-0.05, 0) is 56.1 Å². The van der Waals surface area contributed by atoms with Gasteiger partial charge in [0, 0.05) is 13.7 Å². The van der Waals surface area contributed by atoms with Crippen molar-refractivity contribution < 1.29 is 9.47 Å². The summed E-state index contributed by atoms with van der Waals surface area (Å²) in [5.74, 6) is 1.04. The molecular weight excluding hydrogens is 252 g/mol. The summed E-state index contributed by atoms with van der Waals surface area (Å²) in [6, 6.07) is 4.99. The third-order valence-corrected chi connectivity index (χ3v) is 4.28. The molecule has 0 bridgehead atoms. The van der Waals surface area contributed by atoms with Gasteiger partial charge in [0.2, 0.25) is 0 Å². The number of hydrogen-bond acceptors (Lipinski definition) is 4. The highest BCUT2D eigenvalue weighted by molar-refractivity contribution is 5.64. The van der Waals surface area contributed by atoms with Crippen LogP contribution in [0.2, 0.25) is 0 Å². The van der Waals surface area contributed by atoms with Crippen LogP contribution in [0.5, 0.6) is 5.75 Å². The van der Waals surface area contributed by atoms with Gasteiger partial charge in [0.15, 0.2) is 0 Å². The normalized spacial score (nSPS) is 21.7. The fraction of sp³-hybridized carbons (Fsp3) is 0.625. The molecule has 1 aromatic rings. The van der Waals surface area contributed by atoms with E-state index in [4.69, 9.17) is 9.47 Å². The molecule has 0 fully saturated rings. The monoisotopic (exact) mass is 276 g/mol. The first kappa shape index (κ1) is 13.7. The topological polar surface area (TPSA) is 33.7 Å². The first-order chi connectivity index (χ1) is 9.79. The first-order valence-electron chi connectivity index (χ1n) is 7.54. The summed E-state index contributed by atoms with van der Waals surface area (Å²) in [4.78, 5) is 2.42. The van der Waals surface area contributed by atoms with E-state index in [1.807, 2.05) is 0 Å². The van der Waals surface area contributed by atoms with Gasteiger partial charge in [0.05, 0.1) is 18.3 Å². The van der Waals surface area contributed by atoms with Crippen LogP contribution >= 0.6 is 0 Å². The molecule has 0 saturated heterocycles. The Balaban J connectivity index is 1.94. The van der Waals surface area contributed by atoms with Crippen LogP contribution in [0.4, 0.5) is 5.69 Å². The Morgan fingerprint density at radius 1 is 1.30 bits per heavy atom. The third kappa shape index (κ3) is 2.63. The molecule has 110 valence electrons. The van der Waals surface area contributed by atoms with Crippen LogP contribution < -0.4 is 15.0 Å². The summed E-state index contributed by atoms with van der Waals surface area (Å²) in [6.45, 7) is 6.78. The minimum absolute atomic E-state index is 0.402. The Hall–Kier alpha value is -1.26. The molecule has 0 saturated carbocycles. The van der Waals surface area contributed by atoms with E-state index < -0.39 is 0 Å². The minimum atomic E-state index is 0.402. The van der Waals surface area contributed by atoms with E-state index in [1.165, 1.54) is 16.8 Å². The average Bonchev–Trinajstić information content (AvgIpc) is 2.69. The van der Waals surface area contributed by atoms with Crippen molar-refractivity contribution in [2.75, 3.05) is 44.9 Å². The van der Waals surface area contributed by atoms with Crippen molar-refractivity contribution in [3.63, 3.8) is 0 Å². The van der Waals surface area contributed by atoms with E-state index in [0.717, 1.165) is 51.4 Å². The quantitative estimate of drug-likeness (QED) is 0.909. The Morgan fingerprint density at radius 2 is 2.05 bits per heavy atom. The summed E-state index contributed by atoms with van der Waals surface area (Å²) in [6.07, 6.45) is 2.20. The van der Waals surface area contributed by atoms with Crippen molar-refractivity contribution in [2.45, 2.75) is 25.8 Å². The standard InChI is InChI=1S/C16H24N2O2/c1-12-11-20-16-10-14-4-6-17-5-3-13(14)9-15(16)18(12)7-8-19-2/h9-10,12,17H,3-8,11H2,1-2H3/t12-/m0/s1. The van der Waals surface area contributed by atoms with E-state index in [9.17, 15) is 0 Å². The summed E-state index contributed by atoms with van der Waals surface area (Å²) < 4.78 is 11.2. The fourth-order valence-electron chi connectivity index (χ4n) is 3.10. The van der Waals surface area contributed by atoms with Gasteiger partial charge in [0.25, 0.3) is 0 Å². The molecule has 0 aliphatic carbocycles. The second kappa shape index (κ2) is 6.02. The maximum absolute atomic E-state index is 5.95. The highest BCUT2D eigenvalue weighted by Gasteiger charge is 2.25. The van der Waals surface area contributed by atoms with Crippen molar-refractivity contribution >= 4 is 5.69 Å². The maximum Gasteiger partial charge on any atom is 0.143 e. The predicted molar refractivity (Wildman–Crippen MR) is 80.9 cm³/mol. The van der Waals surface area contributed by atoms with Gasteiger partial charge in [-0.3, -0.25) is 0 Å². The molecule has 1 N–H and O–H groups in total. The van der Waals surface area contributed by atoms with Crippen molar-refractivity contribution in [3.05, 3.63) is 23.3 Å². The Bertz CT molecular complexity index is 476. The number of methoxy groups -OCH3 is 1. The number of benzene rings is 1. The molecule has 2 aliphatic rings. The van der Waals surface area contributed by atoms with Gasteiger partial charge in [-0.1, -0.05) is 0 Å². The van der Waals surface area contributed by atoms with E-state index >= 15 is 0 Å². The van der Waals surface area contributed by atoms with Gasteiger partial charge < -0.3 is 19.7 Å². The molecule has 0 spiro atoms. The largest absolute Gasteiger partial charge is 0.489 e. The zero-order chi connectivity index (χ0) is 13.9. The zero-order valence-electron chi connectivity index (χ0n) is 12.4. The van der Waals surface area contributed by atoms with Gasteiger partial charge >= 0.3 is 0 Å². The summed E-state index contributed by atoms with van der Waals surface area (Å²) in [5.41, 5.74) is 4.14. The second-order valence-corrected chi connectivity index (χ2v) is 5.68. The van der Waals surface area contributed by atoms with Gasteiger partial charge in [-0.25, -0.2) is 0 Å². The summed E-state index contributed by atoms with van der Waals surface area (Å²) >= 11 is 0. The lowest BCUT2D eigenvalue weighted by Gasteiger charge is -2.37. The smallest absolute Gasteiger partial charge is 0.143 e. The van der Waals surface area contributed by atoms with Gasteiger partial charge in [0.1, 0.15) is 12.4 Å². The van der Waals surface area contributed by atoms with Gasteiger partial charge in [-0.15, -0.1) is 0 Å². The van der Waals surface area contributed by atoms with Crippen molar-refractivity contribution in [2.24, 2.45) is 0 Å². The van der Waals surface area contributed by atoms with E-state index in [2.05, 4.69) is 29.3 Å². The number of nitrogens with zero attached hydrogens (tertiary/aromatic N) is 1. The lowest BCUT2D eigenvalue weighted by molar-refractivity contribution is 0.195. The lowest BCUT2D eigenvalue weighted by Crippen LogP contribution is -2.43. The van der Waals surface area contributed by atoms with Crippen LogP contribution in [-0.4, -0.2) is 46.0 Å². The van der Waals surface area contributed by atoms with Crippen LogP contribution in [0.25, 0.3) is 0 Å². The number of fused-ring (bicyclic) bond motifs is 2. The van der Waals surface area contributed by atoms with Crippen LogP contribution in [0.15, 0.2) is 12.1 Å². The second-order valence-electron chi connectivity index (χ2n) is 5.68. The van der Waals surface area contributed by atoms with Crippen LogP contribution in [0.3, 0.4) is 0 Å². The van der Waals surface area contributed by atoms with Crippen molar-refractivity contribution in [3.8, 4) is 5.75 Å². The molecule has 1 aromatic carbocycles. The third-order valence-electron chi connectivity index (χ3n) is 4.28. The molecule has 2 aliphatic heterocycles. The molecule has 4 nitrogen and oxygen atoms in total. The molecular formula is C16H24N2O2. The highest BCUT2D eigenvalue weighted by atomic mass is 16.5. The number of rotatable bonds is 3. The Kier molecular flexibility index (Phi) is 4.13. The fourth-order valence-corrected chi connectivity index (χ4v) is 3.10. The van der Waals surface area contributed by atoms with E-state index in [0.29, 0.717) is 6.04 Å². The molecule has 0 amide bonds. The van der Waals surface area contributed by atoms with Crippen molar-refractivity contribution in [1.82, 2.24) is 5.32 Å². The average molecular weight is 276 g/mol. The number of ether oxygens (including phenoxy) is 2. The van der Waals surface area contributed by atoms with E-state index in [1.54, 1.807) is 7.11 Å². The molecule has 3 rings (SSSR count). The van der Waals surface area contributed by atoms with E-state index in [-0.39, 0.29) is 0 Å². The van der Waals surface area contributed by atoms with Gasteiger partial charge in [-0.2, -0.15) is 0 Å². The Labute approximate surface area is 121 Å². The number of anilines is 1. The predicted octanol–water partition coefficient (Wildman–Crippen LogP) is 1.61. The SMILES string of the molecule is COCCN1c2cc3c(cc2OC[C@@H]1C)CCNCC3. The molecule has 0 unspecified atom stereocenters. The molecule has 1 atom stereocenters. The van der Waals surface area contributed by atoms with Crippen LogP contribution in [-0.2, 0) is 17.6 Å². The molecule has 20 heavy (non-hydrogen) atoms. The first-order valence-corrected chi connectivity index (χ1v) is 7.54. The number of hydrogen-bond donors (Lipinski definition) is 1.